The van der Waals surface area contributed by atoms with Gasteiger partial charge in [0.15, 0.2) is 0 Å². The minimum atomic E-state index is -0.361. The van der Waals surface area contributed by atoms with E-state index in [4.69, 9.17) is 20.7 Å². The van der Waals surface area contributed by atoms with Crippen molar-refractivity contribution in [1.29, 1.82) is 0 Å². The predicted molar refractivity (Wildman–Crippen MR) is 416 cm³/mol. The number of fused-ring (bicyclic) bond motifs is 3. The zero-order chi connectivity index (χ0) is 71.3. The molecule has 0 bridgehead atoms. The molecular formula is C86H72ClN13O3. The van der Waals surface area contributed by atoms with E-state index >= 15 is 0 Å². The number of benzene rings is 6. The molecule has 0 saturated heterocycles. The highest BCUT2D eigenvalue weighted by Crippen LogP contribution is 2.40. The lowest BCUT2D eigenvalue weighted by Gasteiger charge is -2.15. The van der Waals surface area contributed by atoms with Crippen LogP contribution in [0.1, 0.15) is 49.0 Å². The summed E-state index contributed by atoms with van der Waals surface area (Å²) in [7, 11) is 0. The number of nitrogens with zero attached hydrogens (tertiary/aromatic N) is 9. The third kappa shape index (κ3) is 18.6. The molecule has 0 aliphatic rings. The molecule has 103 heavy (non-hydrogen) atoms. The summed E-state index contributed by atoms with van der Waals surface area (Å²) >= 11 is 4.64. The van der Waals surface area contributed by atoms with E-state index in [1.807, 2.05) is 115 Å². The molecule has 16 nitrogen and oxygen atoms in total. The number of nitrogen functional groups attached to an aromatic ring is 1. The molecule has 0 atom stereocenters. The third-order valence-electron chi connectivity index (χ3n) is 16.5. The minimum Gasteiger partial charge on any atom is -0.397 e. The van der Waals surface area contributed by atoms with Crippen molar-refractivity contribution >= 4 is 83.9 Å². The number of hydrogen-bond acceptors (Lipinski definition) is 16. The van der Waals surface area contributed by atoms with Gasteiger partial charge in [-0.1, -0.05) is 164 Å². The van der Waals surface area contributed by atoms with Crippen molar-refractivity contribution in [2.45, 2.75) is 53.2 Å². The van der Waals surface area contributed by atoms with Gasteiger partial charge in [-0.15, -0.1) is 0 Å². The molecule has 9 heterocycles. The fourth-order valence-corrected chi connectivity index (χ4v) is 12.0. The topological polar surface area (TPSA) is 229 Å². The largest absolute Gasteiger partial charge is 0.397 e. The first-order valence-electron chi connectivity index (χ1n) is 33.5. The fourth-order valence-electron chi connectivity index (χ4n) is 12.0. The van der Waals surface area contributed by atoms with Gasteiger partial charge in [0, 0.05) is 108 Å². The fraction of sp³-hybridized carbons (Fsp3) is 0.0930. The van der Waals surface area contributed by atoms with Gasteiger partial charge >= 0.3 is 0 Å². The maximum atomic E-state index is 11.6. The predicted octanol–water partition coefficient (Wildman–Crippen LogP) is 18.5. The molecule has 6 aromatic carbocycles. The van der Waals surface area contributed by atoms with E-state index in [1.54, 1.807) is 69.6 Å². The van der Waals surface area contributed by atoms with E-state index in [1.165, 1.54) is 6.92 Å². The summed E-state index contributed by atoms with van der Waals surface area (Å²) in [6.07, 6.45) is 16.6. The number of Topliss-reactive ketones (excluding diaryl/α,β-unsaturated/α-hetero) is 2. The van der Waals surface area contributed by atoms with E-state index < -0.39 is 0 Å². The molecule has 15 rings (SSSR count). The number of anilines is 4. The molecule has 5 N–H and O–H groups in total. The molecule has 0 radical (unpaired) electrons. The number of halogens is 1. The van der Waals surface area contributed by atoms with E-state index in [2.05, 4.69) is 179 Å². The number of aromatic nitrogens is 9. The van der Waals surface area contributed by atoms with Crippen LogP contribution in [0.4, 0.5) is 23.1 Å². The molecule has 0 unspecified atom stereocenters. The van der Waals surface area contributed by atoms with Gasteiger partial charge in [-0.05, 0) is 159 Å². The van der Waals surface area contributed by atoms with Gasteiger partial charge in [0.05, 0.1) is 59.5 Å². The summed E-state index contributed by atoms with van der Waals surface area (Å²) < 4.78 is 0. The van der Waals surface area contributed by atoms with Crippen LogP contribution in [0.3, 0.4) is 0 Å². The highest BCUT2D eigenvalue weighted by molar-refractivity contribution is 6.62. The van der Waals surface area contributed by atoms with Crippen LogP contribution in [0.15, 0.2) is 292 Å². The van der Waals surface area contributed by atoms with Crippen LogP contribution in [-0.2, 0) is 46.9 Å². The van der Waals surface area contributed by atoms with Gasteiger partial charge in [-0.25, -0.2) is 15.0 Å². The first-order chi connectivity index (χ1) is 50.3. The lowest BCUT2D eigenvalue weighted by atomic mass is 9.97. The van der Waals surface area contributed by atoms with Crippen LogP contribution in [0.2, 0.25) is 0 Å². The molecule has 15 aromatic rings. The zero-order valence-electron chi connectivity index (χ0n) is 57.0. The first-order valence-corrected chi connectivity index (χ1v) is 33.9. The molecule has 0 aliphatic heterocycles. The van der Waals surface area contributed by atoms with Gasteiger partial charge < -0.3 is 21.7 Å². The van der Waals surface area contributed by atoms with Gasteiger partial charge in [-0.2, -0.15) is 0 Å². The Hall–Kier alpha value is -13.1. The summed E-state index contributed by atoms with van der Waals surface area (Å²) in [6, 6.07) is 79.7. The maximum Gasteiger partial charge on any atom is 0.218 e. The number of carbonyl (C=O) groups is 3. The highest BCUT2D eigenvalue weighted by atomic mass is 35.5. The van der Waals surface area contributed by atoms with Gasteiger partial charge in [0.25, 0.3) is 0 Å². The van der Waals surface area contributed by atoms with E-state index in [0.29, 0.717) is 38.2 Å². The highest BCUT2D eigenvalue weighted by Gasteiger charge is 2.18. The monoisotopic (exact) mass is 1370 g/mol. The Morgan fingerprint density at radius 3 is 0.961 bits per heavy atom. The number of ketones is 2. The van der Waals surface area contributed by atoms with Crippen molar-refractivity contribution in [3.63, 3.8) is 0 Å². The quantitative estimate of drug-likeness (QED) is 0.0552. The standard InChI is InChI=1S/2C29H24N4O.C26H21N5.C2H3ClO/c2*1-20(34)14-21-15-24(18-30-17-21)27-16-23-10-7-12-26(22-8-3-2-4-9-22)28(23)29(33-27)32-19-25-11-5-6-13-31-25;27-21-13-20(15-28-16-21)24-14-19-9-6-11-23(18-7-2-1-3-8-18)25(19)26(31-24)30-17-22-10-4-5-12-29-22;1-2(3)4/h2*2-13,15-18H,14,19H2,1H3,(H,32,33);1-16H,17,27H2,(H,30,31);1H3. The molecule has 506 valence electrons. The van der Waals surface area contributed by atoms with Crippen molar-refractivity contribution in [3.8, 4) is 67.2 Å². The Balaban J connectivity index is 0.000000142. The number of pyridine rings is 9. The number of carbonyl (C=O) groups excluding carboxylic acids is 3. The molecule has 17 heteroatoms. The summed E-state index contributed by atoms with van der Waals surface area (Å²) in [5.74, 6) is 2.59. The van der Waals surface area contributed by atoms with Crippen molar-refractivity contribution < 1.29 is 14.4 Å². The average molecular weight is 1370 g/mol. The molecule has 0 aliphatic carbocycles. The SMILES string of the molecule is CC(=O)Cc1cncc(-c2cc3cccc(-c4ccccc4)c3c(NCc3ccccn3)n2)c1.CC(=O)Cc1cncc(-c2cc3cccc(-c4ccccc4)c3c(NCc3ccccn3)n2)c1.CC(=O)Cl.Nc1cncc(-c2cc3cccc(-c4ccccc4)c3c(NCc3ccccn3)n2)c1. The number of nitrogens with one attached hydrogen (secondary N) is 3. The lowest BCUT2D eigenvalue weighted by Crippen LogP contribution is -2.05. The first kappa shape index (κ1) is 69.8. The Morgan fingerprint density at radius 1 is 0.350 bits per heavy atom. The molecule has 9 aromatic heterocycles. The Bertz CT molecular complexity index is 5180. The van der Waals surface area contributed by atoms with E-state index in [9.17, 15) is 14.4 Å². The second-order valence-corrected chi connectivity index (χ2v) is 24.8. The summed E-state index contributed by atoms with van der Waals surface area (Å²) in [4.78, 5) is 73.8. The number of hydrogen-bond donors (Lipinski definition) is 4. The van der Waals surface area contributed by atoms with Gasteiger partial charge in [-0.3, -0.25) is 44.3 Å². The zero-order valence-corrected chi connectivity index (χ0v) is 57.7. The Labute approximate surface area is 602 Å². The van der Waals surface area contributed by atoms with Gasteiger partial charge in [0.1, 0.15) is 29.0 Å². The second-order valence-electron chi connectivity index (χ2n) is 24.3. The van der Waals surface area contributed by atoms with Crippen LogP contribution < -0.4 is 21.7 Å². The molecule has 0 amide bonds. The van der Waals surface area contributed by atoms with Crippen molar-refractivity contribution in [1.82, 2.24) is 44.9 Å². The van der Waals surface area contributed by atoms with Crippen molar-refractivity contribution in [2.24, 2.45) is 0 Å². The molecule has 0 spiro atoms. The normalized spacial score (nSPS) is 10.7. The van der Waals surface area contributed by atoms with E-state index in [-0.39, 0.29) is 16.8 Å². The van der Waals surface area contributed by atoms with Crippen LogP contribution in [0, 0.1) is 0 Å². The maximum absolute atomic E-state index is 11.6. The second kappa shape index (κ2) is 34.1. The molecule has 0 saturated carbocycles. The average Bonchev–Trinajstić information content (AvgIpc) is 0.783. The summed E-state index contributed by atoms with van der Waals surface area (Å²) in [5.41, 5.74) is 23.0. The van der Waals surface area contributed by atoms with Gasteiger partial charge in [0.2, 0.25) is 5.24 Å². The lowest BCUT2D eigenvalue weighted by molar-refractivity contribution is -0.117. The van der Waals surface area contributed by atoms with Crippen molar-refractivity contribution in [3.05, 3.63) is 321 Å². The Morgan fingerprint density at radius 2 is 0.660 bits per heavy atom. The van der Waals surface area contributed by atoms with Crippen LogP contribution in [-0.4, -0.2) is 61.7 Å². The number of rotatable bonds is 19. The molecular weight excluding hydrogens is 1300 g/mol. The van der Waals surface area contributed by atoms with E-state index in [0.717, 1.165) is 145 Å². The van der Waals surface area contributed by atoms with Crippen LogP contribution in [0.5, 0.6) is 0 Å². The minimum absolute atomic E-state index is 0.107. The summed E-state index contributed by atoms with van der Waals surface area (Å²) in [6.45, 7) is 6.15. The third-order valence-corrected chi connectivity index (χ3v) is 16.5. The van der Waals surface area contributed by atoms with Crippen molar-refractivity contribution in [2.75, 3.05) is 21.7 Å². The molecule has 0 fully saturated rings. The smallest absolute Gasteiger partial charge is 0.218 e. The number of nitrogens with two attached hydrogens (primary N) is 1. The van der Waals surface area contributed by atoms with Crippen LogP contribution >= 0.6 is 11.6 Å². The van der Waals surface area contributed by atoms with Crippen LogP contribution in [0.25, 0.3) is 99.5 Å². The Kier molecular flexibility index (Phi) is 23.2. The summed E-state index contributed by atoms with van der Waals surface area (Å²) in [5, 5.41) is 16.6.